The topological polar surface area (TPSA) is 64.8 Å². The molecule has 1 fully saturated rings. The Morgan fingerprint density at radius 3 is 2.58 bits per heavy atom. The fourth-order valence-corrected chi connectivity index (χ4v) is 3.50. The van der Waals surface area contributed by atoms with Crippen molar-refractivity contribution in [2.75, 3.05) is 26.3 Å². The van der Waals surface area contributed by atoms with E-state index in [1.807, 2.05) is 36.9 Å². The molecule has 0 saturated carbocycles. The highest BCUT2D eigenvalue weighted by molar-refractivity contribution is 5.87. The van der Waals surface area contributed by atoms with E-state index in [2.05, 4.69) is 13.8 Å². The molecule has 2 aliphatic heterocycles. The number of nitrogens with two attached hydrogens (primary N) is 1. The largest absolute Gasteiger partial charge is 0.486 e. The number of amides is 1. The molecule has 1 atom stereocenters. The van der Waals surface area contributed by atoms with Gasteiger partial charge in [0, 0.05) is 19.1 Å². The third kappa shape index (κ3) is 2.97. The predicted octanol–water partition coefficient (Wildman–Crippen LogP) is 2.32. The maximum atomic E-state index is 13.2. The van der Waals surface area contributed by atoms with E-state index in [9.17, 15) is 4.79 Å². The van der Waals surface area contributed by atoms with E-state index in [1.165, 1.54) is 0 Å². The second-order valence-corrected chi connectivity index (χ2v) is 8.09. The van der Waals surface area contributed by atoms with Crippen molar-refractivity contribution < 1.29 is 14.3 Å². The van der Waals surface area contributed by atoms with Crippen LogP contribution in [0.5, 0.6) is 11.5 Å². The number of benzene rings is 1. The van der Waals surface area contributed by atoms with E-state index < -0.39 is 5.41 Å². The van der Waals surface area contributed by atoms with Gasteiger partial charge >= 0.3 is 0 Å². The molecule has 0 aromatic heterocycles. The second kappa shape index (κ2) is 5.96. The van der Waals surface area contributed by atoms with Crippen LogP contribution in [0.3, 0.4) is 0 Å². The predicted molar refractivity (Wildman–Crippen MR) is 93.4 cm³/mol. The zero-order valence-electron chi connectivity index (χ0n) is 15.1. The van der Waals surface area contributed by atoms with Crippen LogP contribution < -0.4 is 15.2 Å². The minimum Gasteiger partial charge on any atom is -0.486 e. The van der Waals surface area contributed by atoms with Gasteiger partial charge < -0.3 is 20.1 Å². The summed E-state index contributed by atoms with van der Waals surface area (Å²) in [5.74, 6) is 1.61. The van der Waals surface area contributed by atoms with Gasteiger partial charge in [0.05, 0.1) is 5.41 Å². The van der Waals surface area contributed by atoms with Crippen LogP contribution in [0.25, 0.3) is 0 Å². The number of piperidine rings is 1. The molecule has 0 aliphatic carbocycles. The van der Waals surface area contributed by atoms with E-state index in [4.69, 9.17) is 15.2 Å². The number of fused-ring (bicyclic) bond motifs is 1. The smallest absolute Gasteiger partial charge is 0.232 e. The normalized spacial score (nSPS) is 23.0. The monoisotopic (exact) mass is 332 g/mol. The Morgan fingerprint density at radius 2 is 1.92 bits per heavy atom. The molecule has 1 saturated heterocycles. The summed E-state index contributed by atoms with van der Waals surface area (Å²) < 4.78 is 11.2. The molecule has 1 aromatic carbocycles. The minimum atomic E-state index is -0.618. The van der Waals surface area contributed by atoms with Gasteiger partial charge in [0.15, 0.2) is 11.5 Å². The molecule has 24 heavy (non-hydrogen) atoms. The Labute approximate surface area is 144 Å². The van der Waals surface area contributed by atoms with Crippen molar-refractivity contribution in [3.63, 3.8) is 0 Å². The number of likely N-dealkylation sites (tertiary alicyclic amines) is 1. The van der Waals surface area contributed by atoms with Crippen molar-refractivity contribution in [1.29, 1.82) is 0 Å². The average Bonchev–Trinajstić information content (AvgIpc) is 2.56. The lowest BCUT2D eigenvalue weighted by atomic mass is 9.77. The van der Waals surface area contributed by atoms with E-state index >= 15 is 0 Å². The van der Waals surface area contributed by atoms with E-state index in [0.29, 0.717) is 19.8 Å². The number of carbonyl (C=O) groups is 1. The fourth-order valence-electron chi connectivity index (χ4n) is 3.50. The van der Waals surface area contributed by atoms with E-state index in [-0.39, 0.29) is 17.4 Å². The van der Waals surface area contributed by atoms with Crippen LogP contribution >= 0.6 is 0 Å². The molecule has 1 amide bonds. The van der Waals surface area contributed by atoms with Crippen LogP contribution in [-0.2, 0) is 10.2 Å². The molecule has 5 nitrogen and oxygen atoms in total. The van der Waals surface area contributed by atoms with Crippen molar-refractivity contribution in [2.45, 2.75) is 45.6 Å². The second-order valence-electron chi connectivity index (χ2n) is 8.09. The Morgan fingerprint density at radius 1 is 1.25 bits per heavy atom. The van der Waals surface area contributed by atoms with Crippen molar-refractivity contribution in [3.05, 3.63) is 23.8 Å². The maximum absolute atomic E-state index is 13.2. The average molecular weight is 332 g/mol. The number of rotatable bonds is 2. The van der Waals surface area contributed by atoms with Gasteiger partial charge in [-0.05, 0) is 43.4 Å². The molecule has 5 heteroatoms. The number of nitrogens with zero attached hydrogens (tertiary/aromatic N) is 1. The first-order valence-corrected chi connectivity index (χ1v) is 8.67. The van der Waals surface area contributed by atoms with Gasteiger partial charge in [0.2, 0.25) is 5.91 Å². The molecule has 2 aliphatic rings. The quantitative estimate of drug-likeness (QED) is 0.903. The molecule has 0 radical (unpaired) electrons. The first kappa shape index (κ1) is 17.1. The minimum absolute atomic E-state index is 0.0587. The fraction of sp³-hybridized carbons (Fsp3) is 0.632. The summed E-state index contributed by atoms with van der Waals surface area (Å²) in [6, 6.07) is 5.94. The lowest BCUT2D eigenvalue weighted by Crippen LogP contribution is -2.56. The van der Waals surface area contributed by atoms with E-state index in [0.717, 1.165) is 30.0 Å². The summed E-state index contributed by atoms with van der Waals surface area (Å²) in [5, 5.41) is 0. The summed E-state index contributed by atoms with van der Waals surface area (Å²) in [6.07, 6.45) is 0.843. The molecule has 0 bridgehead atoms. The maximum Gasteiger partial charge on any atom is 0.232 e. The zero-order valence-corrected chi connectivity index (χ0v) is 15.1. The molecular weight excluding hydrogens is 304 g/mol. The molecule has 0 spiro atoms. The molecule has 3 rings (SSSR count). The first-order chi connectivity index (χ1) is 11.2. The Balaban J connectivity index is 1.83. The third-order valence-corrected chi connectivity index (χ3v) is 5.40. The lowest BCUT2D eigenvalue weighted by molar-refractivity contribution is -0.139. The van der Waals surface area contributed by atoms with Crippen LogP contribution in [0.4, 0.5) is 0 Å². The highest BCUT2D eigenvalue weighted by Crippen LogP contribution is 2.37. The van der Waals surface area contributed by atoms with Gasteiger partial charge in [0.25, 0.3) is 0 Å². The Bertz CT molecular complexity index is 639. The van der Waals surface area contributed by atoms with Gasteiger partial charge in [-0.25, -0.2) is 0 Å². The number of ether oxygens (including phenoxy) is 2. The van der Waals surface area contributed by atoms with Crippen molar-refractivity contribution in [2.24, 2.45) is 11.1 Å². The first-order valence-electron chi connectivity index (χ1n) is 8.67. The standard InChI is InChI=1S/C19H28N2O3/c1-18(2)12-21(8-7-16(18)20)17(22)19(3,4)13-5-6-14-15(11-13)24-10-9-23-14/h5-6,11,16H,7-10,12,20H2,1-4H3. The highest BCUT2D eigenvalue weighted by atomic mass is 16.6. The van der Waals surface area contributed by atoms with Crippen LogP contribution in [0, 0.1) is 5.41 Å². The molecular formula is C19H28N2O3. The molecule has 2 heterocycles. The number of hydrogen-bond acceptors (Lipinski definition) is 4. The van der Waals surface area contributed by atoms with Crippen LogP contribution in [-0.4, -0.2) is 43.2 Å². The SMILES string of the molecule is CC(C)(C(=O)N1CCC(N)C(C)(C)C1)c1ccc2c(c1)OCCO2. The summed E-state index contributed by atoms with van der Waals surface area (Å²) >= 11 is 0. The van der Waals surface area contributed by atoms with Crippen molar-refractivity contribution >= 4 is 5.91 Å². The summed E-state index contributed by atoms with van der Waals surface area (Å²) in [7, 11) is 0. The third-order valence-electron chi connectivity index (χ3n) is 5.40. The van der Waals surface area contributed by atoms with Gasteiger partial charge in [-0.1, -0.05) is 19.9 Å². The number of carbonyl (C=O) groups excluding carboxylic acids is 1. The molecule has 132 valence electrons. The Kier molecular flexibility index (Phi) is 4.24. The lowest BCUT2D eigenvalue weighted by Gasteiger charge is -2.45. The van der Waals surface area contributed by atoms with E-state index in [1.54, 1.807) is 0 Å². The van der Waals surface area contributed by atoms with Crippen LogP contribution in [0.1, 0.15) is 39.7 Å². The molecule has 1 unspecified atom stereocenters. The summed E-state index contributed by atoms with van der Waals surface area (Å²) in [4.78, 5) is 15.2. The van der Waals surface area contributed by atoms with Crippen molar-refractivity contribution in [3.8, 4) is 11.5 Å². The van der Waals surface area contributed by atoms with Gasteiger partial charge in [-0.2, -0.15) is 0 Å². The van der Waals surface area contributed by atoms with Crippen LogP contribution in [0.2, 0.25) is 0 Å². The number of hydrogen-bond donors (Lipinski definition) is 1. The zero-order chi connectivity index (χ0) is 17.5. The molecule has 1 aromatic rings. The summed E-state index contributed by atoms with van der Waals surface area (Å²) in [5.41, 5.74) is 6.48. The molecule has 2 N–H and O–H groups in total. The highest BCUT2D eigenvalue weighted by Gasteiger charge is 2.41. The van der Waals surface area contributed by atoms with Gasteiger partial charge in [0.1, 0.15) is 13.2 Å². The van der Waals surface area contributed by atoms with Gasteiger partial charge in [-0.3, -0.25) is 4.79 Å². The summed E-state index contributed by atoms with van der Waals surface area (Å²) in [6.45, 7) is 10.7. The van der Waals surface area contributed by atoms with Crippen LogP contribution in [0.15, 0.2) is 18.2 Å². The van der Waals surface area contributed by atoms with Crippen molar-refractivity contribution in [1.82, 2.24) is 4.90 Å². The van der Waals surface area contributed by atoms with Gasteiger partial charge in [-0.15, -0.1) is 0 Å². The Hall–Kier alpha value is -1.75.